The van der Waals surface area contributed by atoms with Gasteiger partial charge < -0.3 is 15.4 Å². The number of carbonyl (C=O) groups is 2. The highest BCUT2D eigenvalue weighted by Gasteiger charge is 2.32. The van der Waals surface area contributed by atoms with E-state index in [2.05, 4.69) is 15.4 Å². The number of hydrogen-bond donors (Lipinski definition) is 2. The molecular formula is C22H20N2O3S2. The molecule has 2 aromatic rings. The number of thioether (sulfide) groups is 1. The van der Waals surface area contributed by atoms with E-state index in [4.69, 9.17) is 12.2 Å². The summed E-state index contributed by atoms with van der Waals surface area (Å²) in [6.45, 7) is 1.04. The van der Waals surface area contributed by atoms with Gasteiger partial charge in [0.2, 0.25) is 5.78 Å². The number of hydrogen-bond acceptors (Lipinski definition) is 6. The second-order valence-corrected chi connectivity index (χ2v) is 7.63. The number of ketones is 1. The summed E-state index contributed by atoms with van der Waals surface area (Å²) >= 11 is 6.70. The molecule has 0 amide bonds. The highest BCUT2D eigenvalue weighted by atomic mass is 32.2. The van der Waals surface area contributed by atoms with Gasteiger partial charge in [0.25, 0.3) is 0 Å². The van der Waals surface area contributed by atoms with Gasteiger partial charge in [-0.3, -0.25) is 4.79 Å². The molecule has 0 unspecified atom stereocenters. The minimum Gasteiger partial charge on any atom is -0.466 e. The van der Waals surface area contributed by atoms with E-state index in [-0.39, 0.29) is 10.7 Å². The lowest BCUT2D eigenvalue weighted by Crippen LogP contribution is -2.27. The zero-order valence-corrected chi connectivity index (χ0v) is 17.4. The second kappa shape index (κ2) is 10.0. The Morgan fingerprint density at radius 1 is 1.03 bits per heavy atom. The molecule has 0 fully saturated rings. The van der Waals surface area contributed by atoms with Crippen LogP contribution in [0.3, 0.4) is 0 Å². The number of benzene rings is 2. The van der Waals surface area contributed by atoms with Crippen molar-refractivity contribution in [3.8, 4) is 0 Å². The van der Waals surface area contributed by atoms with Gasteiger partial charge >= 0.3 is 5.97 Å². The van der Waals surface area contributed by atoms with Gasteiger partial charge in [0.15, 0.2) is 0 Å². The molecule has 1 aliphatic rings. The normalized spacial score (nSPS) is 14.8. The molecule has 0 saturated carbocycles. The summed E-state index contributed by atoms with van der Waals surface area (Å²) in [5, 5.41) is 7.05. The van der Waals surface area contributed by atoms with E-state index in [0.717, 1.165) is 11.1 Å². The van der Waals surface area contributed by atoms with Gasteiger partial charge in [-0.05, 0) is 11.1 Å². The van der Waals surface area contributed by atoms with Gasteiger partial charge in [-0.25, -0.2) is 4.79 Å². The molecule has 29 heavy (non-hydrogen) atoms. The number of esters is 1. The van der Waals surface area contributed by atoms with Crippen LogP contribution in [0.15, 0.2) is 82.2 Å². The average Bonchev–Trinajstić information content (AvgIpc) is 3.07. The fraction of sp³-hybridized carbons (Fsp3) is 0.136. The minimum atomic E-state index is -0.576. The number of allylic oxidation sites excluding steroid dienone is 1. The molecular weight excluding hydrogens is 404 g/mol. The highest BCUT2D eigenvalue weighted by Crippen LogP contribution is 2.37. The molecule has 0 spiro atoms. The summed E-state index contributed by atoms with van der Waals surface area (Å²) < 4.78 is 4.66. The van der Waals surface area contributed by atoms with E-state index in [9.17, 15) is 9.59 Å². The number of carbonyl (C=O) groups excluding carboxylic acids is 2. The predicted octanol–water partition coefficient (Wildman–Crippen LogP) is 3.48. The first-order valence-corrected chi connectivity index (χ1v) is 10.2. The molecule has 0 aromatic heterocycles. The lowest BCUT2D eigenvalue weighted by atomic mass is 10.1. The summed E-state index contributed by atoms with van der Waals surface area (Å²) in [7, 11) is 1.28. The van der Waals surface area contributed by atoms with Gasteiger partial charge in [-0.15, -0.1) is 0 Å². The first-order valence-electron chi connectivity index (χ1n) is 8.95. The number of rotatable bonds is 7. The maximum absolute atomic E-state index is 12.9. The standard InChI is InChI=1S/C22H20N2O3S2/c1-27-18(25)12-17-20(26)19(21(28)23-13-15-8-4-2-5-9-15)22(29-17)24-14-16-10-6-3-7-11-16/h2-12,24H,13-14H2,1H3,(H,23,28)/b17-12-. The Morgan fingerprint density at radius 2 is 1.62 bits per heavy atom. The Morgan fingerprint density at radius 3 is 2.21 bits per heavy atom. The predicted molar refractivity (Wildman–Crippen MR) is 119 cm³/mol. The number of Topliss-reactive ketones (excluding diaryl/α,β-unsaturated/α-hetero) is 1. The number of nitrogens with one attached hydrogen (secondary N) is 2. The highest BCUT2D eigenvalue weighted by molar-refractivity contribution is 8.08. The molecule has 0 aliphatic carbocycles. The molecule has 2 N–H and O–H groups in total. The summed E-state index contributed by atoms with van der Waals surface area (Å²) in [6, 6.07) is 19.6. The van der Waals surface area contributed by atoms with E-state index in [1.54, 1.807) is 0 Å². The van der Waals surface area contributed by atoms with Crippen molar-refractivity contribution < 1.29 is 14.3 Å². The maximum Gasteiger partial charge on any atom is 0.331 e. The van der Waals surface area contributed by atoms with Crippen LogP contribution in [0.4, 0.5) is 0 Å². The minimum absolute atomic E-state index is 0.284. The van der Waals surface area contributed by atoms with Crippen molar-refractivity contribution in [1.82, 2.24) is 10.6 Å². The Labute approximate surface area is 179 Å². The van der Waals surface area contributed by atoms with Crippen molar-refractivity contribution in [2.45, 2.75) is 13.1 Å². The largest absolute Gasteiger partial charge is 0.466 e. The molecule has 5 nitrogen and oxygen atoms in total. The van der Waals surface area contributed by atoms with Crippen LogP contribution in [0.1, 0.15) is 11.1 Å². The Bertz CT molecular complexity index is 970. The monoisotopic (exact) mass is 424 g/mol. The molecule has 0 bridgehead atoms. The number of methoxy groups -OCH3 is 1. The number of ether oxygens (including phenoxy) is 1. The van der Waals surface area contributed by atoms with E-state index >= 15 is 0 Å². The molecule has 0 radical (unpaired) electrons. The van der Waals surface area contributed by atoms with Gasteiger partial charge in [0.1, 0.15) is 4.99 Å². The zero-order valence-electron chi connectivity index (χ0n) is 15.8. The first-order chi connectivity index (χ1) is 14.1. The Balaban J connectivity index is 1.79. The summed E-state index contributed by atoms with van der Waals surface area (Å²) in [4.78, 5) is 25.2. The molecule has 7 heteroatoms. The third-order valence-electron chi connectivity index (χ3n) is 4.16. The van der Waals surface area contributed by atoms with Gasteiger partial charge in [0.05, 0.1) is 22.6 Å². The van der Waals surface area contributed by atoms with Crippen LogP contribution in [0.25, 0.3) is 0 Å². The van der Waals surface area contributed by atoms with E-state index < -0.39 is 5.97 Å². The Hall–Kier alpha value is -2.90. The van der Waals surface area contributed by atoms with E-state index in [1.807, 2.05) is 60.7 Å². The van der Waals surface area contributed by atoms with Crippen LogP contribution in [0, 0.1) is 0 Å². The lowest BCUT2D eigenvalue weighted by Gasteiger charge is -2.11. The summed E-state index contributed by atoms with van der Waals surface area (Å²) in [5.41, 5.74) is 2.49. The summed E-state index contributed by atoms with van der Waals surface area (Å²) in [5.74, 6) is -0.866. The van der Waals surface area contributed by atoms with Crippen LogP contribution in [0.5, 0.6) is 0 Å². The van der Waals surface area contributed by atoms with Crippen molar-refractivity contribution in [1.29, 1.82) is 0 Å². The quantitative estimate of drug-likeness (QED) is 0.401. The first kappa shape index (κ1) is 20.8. The molecule has 148 valence electrons. The van der Waals surface area contributed by atoms with Crippen LogP contribution in [-0.4, -0.2) is 23.9 Å². The average molecular weight is 425 g/mol. The van der Waals surface area contributed by atoms with Crippen LogP contribution >= 0.6 is 24.0 Å². The zero-order chi connectivity index (χ0) is 20.6. The fourth-order valence-electron chi connectivity index (χ4n) is 2.67. The molecule has 1 heterocycles. The van der Waals surface area contributed by atoms with Crippen LogP contribution in [-0.2, 0) is 27.4 Å². The Kier molecular flexibility index (Phi) is 7.21. The van der Waals surface area contributed by atoms with Crippen LogP contribution < -0.4 is 10.6 Å². The SMILES string of the molecule is COC(=O)/C=C1\SC(NCc2ccccc2)=C(C(=S)NCc2ccccc2)C1=O. The smallest absolute Gasteiger partial charge is 0.331 e. The van der Waals surface area contributed by atoms with Crippen molar-refractivity contribution in [2.75, 3.05) is 7.11 Å². The van der Waals surface area contributed by atoms with Crippen molar-refractivity contribution >= 4 is 40.7 Å². The second-order valence-electron chi connectivity index (χ2n) is 6.17. The van der Waals surface area contributed by atoms with Crippen molar-refractivity contribution in [2.24, 2.45) is 0 Å². The third-order valence-corrected chi connectivity index (χ3v) is 5.58. The van der Waals surface area contributed by atoms with E-state index in [1.165, 1.54) is 24.9 Å². The van der Waals surface area contributed by atoms with Gasteiger partial charge in [0, 0.05) is 19.2 Å². The van der Waals surface area contributed by atoms with Gasteiger partial charge in [-0.2, -0.15) is 0 Å². The van der Waals surface area contributed by atoms with Crippen molar-refractivity contribution in [3.05, 3.63) is 93.4 Å². The lowest BCUT2D eigenvalue weighted by molar-refractivity contribution is -0.135. The molecule has 2 aromatic carbocycles. The number of thiocarbonyl (C=S) groups is 1. The maximum atomic E-state index is 12.9. The van der Waals surface area contributed by atoms with Gasteiger partial charge in [-0.1, -0.05) is 84.6 Å². The third kappa shape index (κ3) is 5.56. The molecule has 1 aliphatic heterocycles. The van der Waals surface area contributed by atoms with Crippen LogP contribution in [0.2, 0.25) is 0 Å². The fourth-order valence-corrected chi connectivity index (χ4v) is 4.01. The topological polar surface area (TPSA) is 67.4 Å². The van der Waals surface area contributed by atoms with E-state index in [0.29, 0.717) is 28.7 Å². The van der Waals surface area contributed by atoms with Crippen molar-refractivity contribution in [3.63, 3.8) is 0 Å². The summed E-state index contributed by atoms with van der Waals surface area (Å²) in [6.07, 6.45) is 1.20. The molecule has 0 atom stereocenters. The molecule has 3 rings (SSSR count). The molecule has 0 saturated heterocycles.